The molecule has 132 valence electrons. The molecule has 0 bridgehead atoms. The van der Waals surface area contributed by atoms with E-state index in [1.165, 1.54) is 0 Å². The minimum absolute atomic E-state index is 0.0493. The number of ether oxygens (including phenoxy) is 2. The molecular weight excluding hydrogens is 306 g/mol. The summed E-state index contributed by atoms with van der Waals surface area (Å²) in [5, 5.41) is 0. The van der Waals surface area contributed by atoms with Crippen molar-refractivity contribution in [2.45, 2.75) is 25.8 Å². The third kappa shape index (κ3) is 4.32. The summed E-state index contributed by atoms with van der Waals surface area (Å²) in [6.45, 7) is 8.48. The molecule has 0 radical (unpaired) electrons. The zero-order chi connectivity index (χ0) is 16.8. The number of hydrogen-bond donors (Lipinski definition) is 0. The first-order valence-electron chi connectivity index (χ1n) is 8.86. The molecule has 0 aliphatic carbocycles. The number of nitrogens with zero attached hydrogens (tertiary/aromatic N) is 3. The molecule has 3 rings (SSSR count). The molecule has 2 aliphatic rings. The van der Waals surface area contributed by atoms with Crippen molar-refractivity contribution >= 4 is 5.91 Å². The van der Waals surface area contributed by atoms with Gasteiger partial charge in [0.1, 0.15) is 5.69 Å². The van der Waals surface area contributed by atoms with E-state index >= 15 is 0 Å². The van der Waals surface area contributed by atoms with E-state index in [0.29, 0.717) is 5.69 Å². The molecule has 2 saturated heterocycles. The van der Waals surface area contributed by atoms with Crippen molar-refractivity contribution < 1.29 is 14.3 Å². The van der Waals surface area contributed by atoms with E-state index in [4.69, 9.17) is 9.47 Å². The molecule has 24 heavy (non-hydrogen) atoms. The maximum atomic E-state index is 13.1. The fourth-order valence-electron chi connectivity index (χ4n) is 3.37. The lowest BCUT2D eigenvalue weighted by atomic mass is 10.1. The third-order valence-corrected chi connectivity index (χ3v) is 4.87. The summed E-state index contributed by atoms with van der Waals surface area (Å²) in [7, 11) is 0. The highest BCUT2D eigenvalue weighted by Crippen LogP contribution is 2.18. The van der Waals surface area contributed by atoms with Crippen molar-refractivity contribution in [2.24, 2.45) is 0 Å². The van der Waals surface area contributed by atoms with Crippen LogP contribution in [0.3, 0.4) is 0 Å². The Kier molecular flexibility index (Phi) is 6.18. The van der Waals surface area contributed by atoms with Crippen LogP contribution in [-0.4, -0.2) is 79.3 Å². The molecule has 2 fully saturated rings. The quantitative estimate of drug-likeness (QED) is 0.814. The molecule has 0 saturated carbocycles. The lowest BCUT2D eigenvalue weighted by Crippen LogP contribution is -2.48. The second kappa shape index (κ2) is 8.55. The van der Waals surface area contributed by atoms with Crippen LogP contribution >= 0.6 is 0 Å². The Morgan fingerprint density at radius 2 is 1.96 bits per heavy atom. The Balaban J connectivity index is 1.71. The Labute approximate surface area is 143 Å². The van der Waals surface area contributed by atoms with E-state index in [1.54, 1.807) is 6.20 Å². The van der Waals surface area contributed by atoms with E-state index < -0.39 is 0 Å². The minimum atomic E-state index is 0.0493. The number of morpholine rings is 1. The number of aromatic nitrogens is 1. The maximum absolute atomic E-state index is 13.1. The SMILES string of the molecule is Cc1cccnc1C(=O)N(CCN1CCOCC1)C1CCOCC1. The molecule has 1 aromatic heterocycles. The number of amides is 1. The molecule has 1 aromatic rings. The van der Waals surface area contributed by atoms with Gasteiger partial charge in [-0.2, -0.15) is 0 Å². The van der Waals surface area contributed by atoms with Gasteiger partial charge in [0.05, 0.1) is 13.2 Å². The second-order valence-electron chi connectivity index (χ2n) is 6.47. The smallest absolute Gasteiger partial charge is 0.273 e. The van der Waals surface area contributed by atoms with E-state index in [0.717, 1.165) is 71.0 Å². The van der Waals surface area contributed by atoms with Crippen molar-refractivity contribution in [3.63, 3.8) is 0 Å². The van der Waals surface area contributed by atoms with E-state index in [2.05, 4.69) is 9.88 Å². The van der Waals surface area contributed by atoms with Gasteiger partial charge in [0.15, 0.2) is 0 Å². The monoisotopic (exact) mass is 333 g/mol. The van der Waals surface area contributed by atoms with Gasteiger partial charge < -0.3 is 14.4 Å². The number of carbonyl (C=O) groups is 1. The zero-order valence-corrected chi connectivity index (χ0v) is 14.4. The highest BCUT2D eigenvalue weighted by Gasteiger charge is 2.28. The summed E-state index contributed by atoms with van der Waals surface area (Å²) < 4.78 is 10.9. The number of carbonyl (C=O) groups excluding carboxylic acids is 1. The lowest BCUT2D eigenvalue weighted by molar-refractivity contribution is 0.0138. The number of rotatable bonds is 5. The predicted octanol–water partition coefficient (Wildman–Crippen LogP) is 1.34. The van der Waals surface area contributed by atoms with Crippen molar-refractivity contribution in [3.05, 3.63) is 29.6 Å². The highest BCUT2D eigenvalue weighted by atomic mass is 16.5. The van der Waals surface area contributed by atoms with Gasteiger partial charge in [-0.05, 0) is 31.4 Å². The molecule has 0 aromatic carbocycles. The molecule has 0 atom stereocenters. The van der Waals surface area contributed by atoms with Gasteiger partial charge in [0.2, 0.25) is 0 Å². The lowest BCUT2D eigenvalue weighted by Gasteiger charge is -2.36. The van der Waals surface area contributed by atoms with Crippen LogP contribution in [0.15, 0.2) is 18.3 Å². The zero-order valence-electron chi connectivity index (χ0n) is 14.4. The Bertz CT molecular complexity index is 540. The molecule has 1 amide bonds. The van der Waals surface area contributed by atoms with Crippen LogP contribution in [-0.2, 0) is 9.47 Å². The first-order valence-corrected chi connectivity index (χ1v) is 8.86. The van der Waals surface area contributed by atoms with E-state index in [1.807, 2.05) is 24.0 Å². The Hall–Kier alpha value is -1.50. The summed E-state index contributed by atoms with van der Waals surface area (Å²) in [4.78, 5) is 21.8. The van der Waals surface area contributed by atoms with Gasteiger partial charge in [0.25, 0.3) is 5.91 Å². The van der Waals surface area contributed by atoms with Crippen molar-refractivity contribution in [2.75, 3.05) is 52.6 Å². The summed E-state index contributed by atoms with van der Waals surface area (Å²) in [5.41, 5.74) is 1.51. The highest BCUT2D eigenvalue weighted by molar-refractivity contribution is 5.93. The number of hydrogen-bond acceptors (Lipinski definition) is 5. The Morgan fingerprint density at radius 1 is 1.25 bits per heavy atom. The van der Waals surface area contributed by atoms with Crippen LogP contribution < -0.4 is 0 Å². The second-order valence-corrected chi connectivity index (χ2v) is 6.47. The van der Waals surface area contributed by atoms with E-state index in [-0.39, 0.29) is 11.9 Å². The van der Waals surface area contributed by atoms with Gasteiger partial charge in [-0.15, -0.1) is 0 Å². The van der Waals surface area contributed by atoms with Crippen LogP contribution in [0.2, 0.25) is 0 Å². The average Bonchev–Trinajstić information content (AvgIpc) is 2.64. The van der Waals surface area contributed by atoms with Crippen LogP contribution in [0, 0.1) is 6.92 Å². The number of pyridine rings is 1. The standard InChI is InChI=1S/C18H27N3O3/c1-15-3-2-6-19-17(15)18(22)21(16-4-11-23-12-5-16)8-7-20-9-13-24-14-10-20/h2-3,6,16H,4-5,7-14H2,1H3. The molecule has 3 heterocycles. The molecule has 6 heteroatoms. The number of aryl methyl sites for hydroxylation is 1. The van der Waals surface area contributed by atoms with Crippen LogP contribution in [0.4, 0.5) is 0 Å². The normalized spacial score (nSPS) is 20.0. The predicted molar refractivity (Wildman–Crippen MR) is 91.1 cm³/mol. The summed E-state index contributed by atoms with van der Waals surface area (Å²) in [5.74, 6) is 0.0493. The van der Waals surface area contributed by atoms with Gasteiger partial charge in [0, 0.05) is 51.6 Å². The van der Waals surface area contributed by atoms with Crippen molar-refractivity contribution in [1.82, 2.24) is 14.8 Å². The van der Waals surface area contributed by atoms with Crippen LogP contribution in [0.5, 0.6) is 0 Å². The first kappa shape index (κ1) is 17.3. The van der Waals surface area contributed by atoms with Crippen molar-refractivity contribution in [3.8, 4) is 0 Å². The largest absolute Gasteiger partial charge is 0.381 e. The van der Waals surface area contributed by atoms with Gasteiger partial charge in [-0.3, -0.25) is 14.7 Å². The minimum Gasteiger partial charge on any atom is -0.381 e. The van der Waals surface area contributed by atoms with Gasteiger partial charge in [-0.25, -0.2) is 0 Å². The fraction of sp³-hybridized carbons (Fsp3) is 0.667. The van der Waals surface area contributed by atoms with Crippen molar-refractivity contribution in [1.29, 1.82) is 0 Å². The van der Waals surface area contributed by atoms with Gasteiger partial charge in [-0.1, -0.05) is 6.07 Å². The van der Waals surface area contributed by atoms with Gasteiger partial charge >= 0.3 is 0 Å². The molecule has 2 aliphatic heterocycles. The summed E-state index contributed by atoms with van der Waals surface area (Å²) >= 11 is 0. The summed E-state index contributed by atoms with van der Waals surface area (Å²) in [6, 6.07) is 4.07. The topological polar surface area (TPSA) is 54.9 Å². The van der Waals surface area contributed by atoms with Crippen LogP contribution in [0.1, 0.15) is 28.9 Å². The molecule has 6 nitrogen and oxygen atoms in total. The molecule has 0 N–H and O–H groups in total. The maximum Gasteiger partial charge on any atom is 0.273 e. The van der Waals surface area contributed by atoms with Crippen LogP contribution in [0.25, 0.3) is 0 Å². The summed E-state index contributed by atoms with van der Waals surface area (Å²) in [6.07, 6.45) is 3.51. The molecular formula is C18H27N3O3. The fourth-order valence-corrected chi connectivity index (χ4v) is 3.37. The average molecular weight is 333 g/mol. The van der Waals surface area contributed by atoms with E-state index in [9.17, 15) is 4.79 Å². The molecule has 0 spiro atoms. The Morgan fingerprint density at radius 3 is 2.67 bits per heavy atom. The molecule has 0 unspecified atom stereocenters. The first-order chi connectivity index (χ1) is 11.8. The third-order valence-electron chi connectivity index (χ3n) is 4.87.